The van der Waals surface area contributed by atoms with Crippen LogP contribution in [0.1, 0.15) is 38.4 Å². The highest BCUT2D eigenvalue weighted by molar-refractivity contribution is 5.85. The summed E-state index contributed by atoms with van der Waals surface area (Å²) >= 11 is 0. The van der Waals surface area contributed by atoms with Crippen LogP contribution in [0.15, 0.2) is 18.2 Å². The van der Waals surface area contributed by atoms with Gasteiger partial charge in [0.05, 0.1) is 5.52 Å². The molecule has 0 spiro atoms. The fourth-order valence-electron chi connectivity index (χ4n) is 3.44. The number of aromatic amines is 1. The third-order valence-electron chi connectivity index (χ3n) is 5.42. The first-order valence-electron chi connectivity index (χ1n) is 8.20. The van der Waals surface area contributed by atoms with E-state index in [4.69, 9.17) is 4.74 Å². The molecule has 1 aromatic carbocycles. The summed E-state index contributed by atoms with van der Waals surface area (Å²) in [5, 5.41) is 11.6. The second-order valence-corrected chi connectivity index (χ2v) is 6.77. The molecule has 1 fully saturated rings. The Hall–Kier alpha value is -2.08. The van der Waals surface area contributed by atoms with Crippen LogP contribution in [0.4, 0.5) is 9.18 Å². The van der Waals surface area contributed by atoms with Gasteiger partial charge in [-0.1, -0.05) is 19.1 Å². The molecule has 2 atom stereocenters. The number of cyclic esters (lactones) is 1. The number of benzene rings is 1. The van der Waals surface area contributed by atoms with E-state index in [9.17, 15) is 14.3 Å². The average molecular weight is 334 g/mol. The number of rotatable bonds is 4. The van der Waals surface area contributed by atoms with Crippen LogP contribution in [0.2, 0.25) is 0 Å². The van der Waals surface area contributed by atoms with E-state index in [1.54, 1.807) is 19.9 Å². The summed E-state index contributed by atoms with van der Waals surface area (Å²) in [5.74, 6) is -0.298. The second kappa shape index (κ2) is 5.48. The highest BCUT2D eigenvalue weighted by Crippen LogP contribution is 2.39. The van der Waals surface area contributed by atoms with E-state index in [2.05, 4.69) is 4.98 Å². The van der Waals surface area contributed by atoms with Crippen LogP contribution in [0.3, 0.4) is 0 Å². The van der Waals surface area contributed by atoms with Crippen molar-refractivity contribution in [2.45, 2.75) is 51.9 Å². The second-order valence-electron chi connectivity index (χ2n) is 6.77. The third kappa shape index (κ3) is 2.28. The van der Waals surface area contributed by atoms with Crippen molar-refractivity contribution in [2.24, 2.45) is 0 Å². The quantitative estimate of drug-likeness (QED) is 0.899. The van der Waals surface area contributed by atoms with Crippen LogP contribution < -0.4 is 0 Å². The standard InChI is InChI=1S/C18H23FN2O3/c1-5-17(3)18(4,23)21(16(22)24-17)10-9-12-11(2)20-15-13(12)7-6-8-14(15)19/h6-8,20,23H,5,9-10H2,1-4H3/t17-,18+/m0/s1. The molecule has 1 aliphatic rings. The number of aromatic nitrogens is 1. The average Bonchev–Trinajstić information content (AvgIpc) is 2.92. The van der Waals surface area contributed by atoms with Crippen molar-refractivity contribution >= 4 is 17.0 Å². The first-order valence-corrected chi connectivity index (χ1v) is 8.20. The number of hydrogen-bond acceptors (Lipinski definition) is 3. The summed E-state index contributed by atoms with van der Waals surface area (Å²) in [6.07, 6.45) is 0.493. The predicted octanol–water partition coefficient (Wildman–Crippen LogP) is 3.49. The van der Waals surface area contributed by atoms with Crippen molar-refractivity contribution < 1.29 is 19.0 Å². The van der Waals surface area contributed by atoms with Gasteiger partial charge in [0, 0.05) is 17.6 Å². The van der Waals surface area contributed by atoms with Gasteiger partial charge in [0.1, 0.15) is 5.82 Å². The minimum absolute atomic E-state index is 0.297. The van der Waals surface area contributed by atoms with Crippen LogP contribution in [0, 0.1) is 12.7 Å². The number of fused-ring (bicyclic) bond motifs is 1. The predicted molar refractivity (Wildman–Crippen MR) is 89.2 cm³/mol. The number of aryl methyl sites for hydroxylation is 1. The van der Waals surface area contributed by atoms with Crippen molar-refractivity contribution in [3.63, 3.8) is 0 Å². The fourth-order valence-corrected chi connectivity index (χ4v) is 3.44. The lowest BCUT2D eigenvalue weighted by Crippen LogP contribution is -2.55. The minimum Gasteiger partial charge on any atom is -0.438 e. The lowest BCUT2D eigenvalue weighted by molar-refractivity contribution is -0.137. The van der Waals surface area contributed by atoms with Crippen molar-refractivity contribution in [3.8, 4) is 0 Å². The molecule has 0 bridgehead atoms. The largest absolute Gasteiger partial charge is 0.438 e. The molecule has 1 saturated heterocycles. The zero-order chi connectivity index (χ0) is 17.7. The van der Waals surface area contributed by atoms with E-state index in [0.717, 1.165) is 16.6 Å². The lowest BCUT2D eigenvalue weighted by Gasteiger charge is -2.36. The van der Waals surface area contributed by atoms with Crippen molar-refractivity contribution in [3.05, 3.63) is 35.3 Å². The number of halogens is 1. The number of aliphatic hydroxyl groups is 1. The topological polar surface area (TPSA) is 65.6 Å². The molecule has 0 saturated carbocycles. The first-order chi connectivity index (χ1) is 11.2. The third-order valence-corrected chi connectivity index (χ3v) is 5.42. The molecule has 6 heteroatoms. The van der Waals surface area contributed by atoms with E-state index >= 15 is 0 Å². The first kappa shape index (κ1) is 16.8. The van der Waals surface area contributed by atoms with Gasteiger partial charge in [-0.15, -0.1) is 0 Å². The number of amides is 1. The normalized spacial score (nSPS) is 27.1. The van der Waals surface area contributed by atoms with Crippen molar-refractivity contribution in [2.75, 3.05) is 6.54 Å². The molecule has 1 amide bonds. The maximum atomic E-state index is 13.9. The SMILES string of the molecule is CC[C@]1(C)OC(=O)N(CCc2c(C)[nH]c3c(F)cccc23)[C@]1(C)O. The smallest absolute Gasteiger partial charge is 0.412 e. The molecule has 2 heterocycles. The molecule has 3 rings (SSSR count). The summed E-state index contributed by atoms with van der Waals surface area (Å²) in [6.45, 7) is 7.38. The van der Waals surface area contributed by atoms with Gasteiger partial charge < -0.3 is 14.8 Å². The molecule has 5 nitrogen and oxygen atoms in total. The highest BCUT2D eigenvalue weighted by Gasteiger charge is 2.58. The lowest BCUT2D eigenvalue weighted by atomic mass is 9.90. The number of carbonyl (C=O) groups is 1. The maximum absolute atomic E-state index is 13.9. The molecule has 0 aliphatic carbocycles. The zero-order valence-corrected chi connectivity index (χ0v) is 14.4. The molecule has 2 N–H and O–H groups in total. The van der Waals surface area contributed by atoms with Crippen LogP contribution in [-0.2, 0) is 11.2 Å². The summed E-state index contributed by atoms with van der Waals surface area (Å²) in [4.78, 5) is 16.6. The molecule has 2 aromatic rings. The van der Waals surface area contributed by atoms with Crippen LogP contribution >= 0.6 is 0 Å². The van der Waals surface area contributed by atoms with Crippen molar-refractivity contribution in [1.82, 2.24) is 9.88 Å². The van der Waals surface area contributed by atoms with Gasteiger partial charge in [0.25, 0.3) is 0 Å². The van der Waals surface area contributed by atoms with Crippen molar-refractivity contribution in [1.29, 1.82) is 0 Å². The van der Waals surface area contributed by atoms with E-state index in [-0.39, 0.29) is 5.82 Å². The zero-order valence-electron chi connectivity index (χ0n) is 14.4. The van der Waals surface area contributed by atoms with E-state index in [1.807, 2.05) is 19.9 Å². The minimum atomic E-state index is -1.38. The van der Waals surface area contributed by atoms with Gasteiger partial charge >= 0.3 is 6.09 Å². The number of carbonyl (C=O) groups excluding carboxylic acids is 1. The van der Waals surface area contributed by atoms with E-state index in [0.29, 0.717) is 24.9 Å². The number of para-hydroxylation sites is 1. The van der Waals surface area contributed by atoms with Gasteiger partial charge in [0.15, 0.2) is 11.3 Å². The Morgan fingerprint density at radius 3 is 2.71 bits per heavy atom. The number of H-pyrrole nitrogens is 1. The van der Waals surface area contributed by atoms with E-state index < -0.39 is 17.4 Å². The Morgan fingerprint density at radius 2 is 2.08 bits per heavy atom. The molecule has 0 unspecified atom stereocenters. The molecular weight excluding hydrogens is 311 g/mol. The Bertz CT molecular complexity index is 799. The number of nitrogens with zero attached hydrogens (tertiary/aromatic N) is 1. The van der Waals surface area contributed by atoms with Crippen LogP contribution in [0.5, 0.6) is 0 Å². The Labute approximate surface area is 140 Å². The van der Waals surface area contributed by atoms with Crippen LogP contribution in [0.25, 0.3) is 10.9 Å². The van der Waals surface area contributed by atoms with Gasteiger partial charge in [-0.3, -0.25) is 4.90 Å². The van der Waals surface area contributed by atoms with E-state index in [1.165, 1.54) is 11.0 Å². The van der Waals surface area contributed by atoms with Crippen LogP contribution in [-0.4, -0.2) is 39.0 Å². The number of ether oxygens (including phenoxy) is 1. The molecule has 130 valence electrons. The van der Waals surface area contributed by atoms with Gasteiger partial charge in [-0.05, 0) is 45.2 Å². The fraction of sp³-hybridized carbons (Fsp3) is 0.500. The Balaban J connectivity index is 1.88. The maximum Gasteiger partial charge on any atom is 0.412 e. The monoisotopic (exact) mass is 334 g/mol. The molecule has 24 heavy (non-hydrogen) atoms. The summed E-state index contributed by atoms with van der Waals surface area (Å²) in [5.41, 5.74) is -0.0480. The highest BCUT2D eigenvalue weighted by atomic mass is 19.1. The summed E-state index contributed by atoms with van der Waals surface area (Å²) in [6, 6.07) is 4.94. The Kier molecular flexibility index (Phi) is 3.83. The van der Waals surface area contributed by atoms with Gasteiger partial charge in [0.2, 0.25) is 0 Å². The molecule has 1 aliphatic heterocycles. The molecular formula is C18H23FN2O3. The summed E-state index contributed by atoms with van der Waals surface area (Å²) < 4.78 is 19.3. The summed E-state index contributed by atoms with van der Waals surface area (Å²) in [7, 11) is 0. The molecule has 1 aromatic heterocycles. The number of hydrogen-bond donors (Lipinski definition) is 2. The Morgan fingerprint density at radius 1 is 1.38 bits per heavy atom. The molecule has 0 radical (unpaired) electrons. The van der Waals surface area contributed by atoms with Gasteiger partial charge in [-0.25, -0.2) is 9.18 Å². The number of nitrogens with one attached hydrogen (secondary N) is 1. The van der Waals surface area contributed by atoms with Gasteiger partial charge in [-0.2, -0.15) is 0 Å².